The van der Waals surface area contributed by atoms with Crippen LogP contribution in [0.3, 0.4) is 0 Å². The van der Waals surface area contributed by atoms with Crippen molar-refractivity contribution < 1.29 is 29.3 Å². The Morgan fingerprint density at radius 1 is 1.17 bits per heavy atom. The SMILES string of the molecule is Cc1ccc(C(=O)OC(CC(=O)O)C(=O)O)cc1. The Balaban J connectivity index is 2.75. The monoisotopic (exact) mass is 252 g/mol. The van der Waals surface area contributed by atoms with Crippen LogP contribution in [0.15, 0.2) is 24.3 Å². The van der Waals surface area contributed by atoms with Gasteiger partial charge in [-0.15, -0.1) is 0 Å². The molecule has 0 radical (unpaired) electrons. The van der Waals surface area contributed by atoms with Crippen molar-refractivity contribution in [3.05, 3.63) is 35.4 Å². The van der Waals surface area contributed by atoms with Crippen LogP contribution in [0, 0.1) is 6.92 Å². The summed E-state index contributed by atoms with van der Waals surface area (Å²) in [5.41, 5.74) is 1.11. The number of rotatable bonds is 5. The third kappa shape index (κ3) is 3.89. The van der Waals surface area contributed by atoms with E-state index in [4.69, 9.17) is 10.2 Å². The molecule has 0 aliphatic carbocycles. The van der Waals surface area contributed by atoms with E-state index in [0.717, 1.165) is 5.56 Å². The van der Waals surface area contributed by atoms with Gasteiger partial charge in [-0.05, 0) is 19.1 Å². The van der Waals surface area contributed by atoms with E-state index >= 15 is 0 Å². The zero-order valence-electron chi connectivity index (χ0n) is 9.62. The molecule has 1 rings (SSSR count). The standard InChI is InChI=1S/C12H12O6/c1-7-2-4-8(5-3-7)12(17)18-9(11(15)16)6-10(13)14/h2-5,9H,6H2,1H3,(H,13,14)(H,15,16). The molecule has 0 saturated heterocycles. The van der Waals surface area contributed by atoms with Gasteiger partial charge in [-0.1, -0.05) is 17.7 Å². The molecule has 0 aromatic heterocycles. The lowest BCUT2D eigenvalue weighted by Crippen LogP contribution is -2.29. The number of carbonyl (C=O) groups is 3. The first kappa shape index (κ1) is 13.7. The van der Waals surface area contributed by atoms with Gasteiger partial charge in [0.2, 0.25) is 6.10 Å². The van der Waals surface area contributed by atoms with Crippen molar-refractivity contribution >= 4 is 17.9 Å². The van der Waals surface area contributed by atoms with E-state index in [-0.39, 0.29) is 5.56 Å². The van der Waals surface area contributed by atoms with E-state index in [1.165, 1.54) is 12.1 Å². The molecule has 0 heterocycles. The Morgan fingerprint density at radius 3 is 2.17 bits per heavy atom. The molecule has 1 atom stereocenters. The van der Waals surface area contributed by atoms with Crippen molar-refractivity contribution in [2.24, 2.45) is 0 Å². The van der Waals surface area contributed by atoms with Gasteiger partial charge in [-0.25, -0.2) is 9.59 Å². The van der Waals surface area contributed by atoms with Gasteiger partial charge in [-0.2, -0.15) is 0 Å². The Kier molecular flexibility index (Phi) is 4.42. The van der Waals surface area contributed by atoms with Gasteiger partial charge >= 0.3 is 17.9 Å². The van der Waals surface area contributed by atoms with Crippen LogP contribution in [-0.2, 0) is 14.3 Å². The maximum absolute atomic E-state index is 11.6. The van der Waals surface area contributed by atoms with Crippen LogP contribution in [-0.4, -0.2) is 34.2 Å². The van der Waals surface area contributed by atoms with Gasteiger partial charge in [0.25, 0.3) is 0 Å². The van der Waals surface area contributed by atoms with E-state index in [1.54, 1.807) is 12.1 Å². The summed E-state index contributed by atoms with van der Waals surface area (Å²) in [5.74, 6) is -3.69. The zero-order valence-corrected chi connectivity index (χ0v) is 9.62. The Bertz CT molecular complexity index is 462. The average molecular weight is 252 g/mol. The lowest BCUT2D eigenvalue weighted by molar-refractivity contribution is -0.153. The first-order chi connectivity index (χ1) is 8.40. The molecule has 0 spiro atoms. The molecule has 6 heteroatoms. The van der Waals surface area contributed by atoms with Gasteiger partial charge in [0.1, 0.15) is 0 Å². The second-order valence-corrected chi connectivity index (χ2v) is 3.70. The highest BCUT2D eigenvalue weighted by Crippen LogP contribution is 2.08. The van der Waals surface area contributed by atoms with Gasteiger partial charge < -0.3 is 14.9 Å². The van der Waals surface area contributed by atoms with E-state index in [0.29, 0.717) is 0 Å². The molecule has 1 aromatic carbocycles. The van der Waals surface area contributed by atoms with Gasteiger partial charge in [0, 0.05) is 0 Å². The van der Waals surface area contributed by atoms with Gasteiger partial charge in [-0.3, -0.25) is 4.79 Å². The minimum atomic E-state index is -1.68. The molecular weight excluding hydrogens is 240 g/mol. The lowest BCUT2D eigenvalue weighted by atomic mass is 10.1. The van der Waals surface area contributed by atoms with Crippen molar-refractivity contribution in [2.45, 2.75) is 19.4 Å². The minimum Gasteiger partial charge on any atom is -0.481 e. The second kappa shape index (κ2) is 5.81. The van der Waals surface area contributed by atoms with Crippen molar-refractivity contribution in [2.75, 3.05) is 0 Å². The first-order valence-electron chi connectivity index (χ1n) is 5.12. The highest BCUT2D eigenvalue weighted by atomic mass is 16.6. The molecule has 0 bridgehead atoms. The highest BCUT2D eigenvalue weighted by molar-refractivity contribution is 5.92. The van der Waals surface area contributed by atoms with Crippen molar-refractivity contribution in [1.29, 1.82) is 0 Å². The number of benzene rings is 1. The van der Waals surface area contributed by atoms with E-state index in [2.05, 4.69) is 4.74 Å². The van der Waals surface area contributed by atoms with Crippen molar-refractivity contribution in [3.63, 3.8) is 0 Å². The number of carboxylic acids is 2. The quantitative estimate of drug-likeness (QED) is 0.760. The number of esters is 1. The van der Waals surface area contributed by atoms with E-state index in [9.17, 15) is 14.4 Å². The van der Waals surface area contributed by atoms with Crippen LogP contribution in [0.1, 0.15) is 22.3 Å². The zero-order chi connectivity index (χ0) is 13.7. The topological polar surface area (TPSA) is 101 Å². The molecule has 18 heavy (non-hydrogen) atoms. The maximum atomic E-state index is 11.6. The summed E-state index contributed by atoms with van der Waals surface area (Å²) in [6.07, 6.45) is -2.45. The molecule has 0 amide bonds. The van der Waals surface area contributed by atoms with Crippen LogP contribution in [0.5, 0.6) is 0 Å². The molecule has 1 unspecified atom stereocenters. The molecule has 0 saturated carbocycles. The maximum Gasteiger partial charge on any atom is 0.345 e. The fraction of sp³-hybridized carbons (Fsp3) is 0.250. The van der Waals surface area contributed by atoms with Crippen LogP contribution in [0.4, 0.5) is 0 Å². The largest absolute Gasteiger partial charge is 0.481 e. The Labute approximate surface area is 103 Å². The lowest BCUT2D eigenvalue weighted by Gasteiger charge is -2.11. The number of aryl methyl sites for hydroxylation is 1. The number of hydrogen-bond acceptors (Lipinski definition) is 4. The summed E-state index contributed by atoms with van der Waals surface area (Å²) in [7, 11) is 0. The molecule has 2 N–H and O–H groups in total. The predicted octanol–water partition coefficient (Wildman–Crippen LogP) is 1.08. The minimum absolute atomic E-state index is 0.178. The van der Waals surface area contributed by atoms with E-state index < -0.39 is 30.4 Å². The van der Waals surface area contributed by atoms with Crippen LogP contribution >= 0.6 is 0 Å². The molecule has 96 valence electrons. The number of carboxylic acid groups (broad SMARTS) is 2. The number of hydrogen-bond donors (Lipinski definition) is 2. The normalized spacial score (nSPS) is 11.6. The smallest absolute Gasteiger partial charge is 0.345 e. The predicted molar refractivity (Wildman–Crippen MR) is 60.3 cm³/mol. The van der Waals surface area contributed by atoms with Gasteiger partial charge in [0.15, 0.2) is 0 Å². The molecule has 0 aliphatic heterocycles. The Morgan fingerprint density at radius 2 is 1.72 bits per heavy atom. The third-order valence-corrected chi connectivity index (χ3v) is 2.17. The summed E-state index contributed by atoms with van der Waals surface area (Å²) >= 11 is 0. The third-order valence-electron chi connectivity index (χ3n) is 2.17. The fourth-order valence-electron chi connectivity index (χ4n) is 1.22. The fourth-order valence-corrected chi connectivity index (χ4v) is 1.22. The van der Waals surface area contributed by atoms with Crippen LogP contribution in [0.2, 0.25) is 0 Å². The highest BCUT2D eigenvalue weighted by Gasteiger charge is 2.25. The summed E-state index contributed by atoms with van der Waals surface area (Å²) in [6.45, 7) is 1.83. The number of carbonyl (C=O) groups excluding carboxylic acids is 1. The summed E-state index contributed by atoms with van der Waals surface area (Å²) < 4.78 is 4.63. The van der Waals surface area contributed by atoms with E-state index in [1.807, 2.05) is 6.92 Å². The summed E-state index contributed by atoms with van der Waals surface area (Å²) in [6, 6.07) is 6.31. The molecule has 0 aliphatic rings. The number of ether oxygens (including phenoxy) is 1. The van der Waals surface area contributed by atoms with Gasteiger partial charge in [0.05, 0.1) is 12.0 Å². The summed E-state index contributed by atoms with van der Waals surface area (Å²) in [4.78, 5) is 32.7. The first-order valence-corrected chi connectivity index (χ1v) is 5.12. The second-order valence-electron chi connectivity index (χ2n) is 3.70. The molecular formula is C12H12O6. The number of aliphatic carboxylic acids is 2. The van der Waals surface area contributed by atoms with Crippen molar-refractivity contribution in [1.82, 2.24) is 0 Å². The van der Waals surface area contributed by atoms with Crippen LogP contribution in [0.25, 0.3) is 0 Å². The average Bonchev–Trinajstić information content (AvgIpc) is 2.28. The summed E-state index contributed by atoms with van der Waals surface area (Å²) in [5, 5.41) is 17.2. The van der Waals surface area contributed by atoms with Crippen molar-refractivity contribution in [3.8, 4) is 0 Å². The molecule has 1 aromatic rings. The molecule has 0 fully saturated rings. The Hall–Kier alpha value is -2.37. The molecule has 6 nitrogen and oxygen atoms in total. The van der Waals surface area contributed by atoms with Crippen LogP contribution < -0.4 is 0 Å².